The molecule has 1 unspecified atom stereocenters. The quantitative estimate of drug-likeness (QED) is 0.131. The third-order valence-corrected chi connectivity index (χ3v) is 8.92. The fourth-order valence-corrected chi connectivity index (χ4v) is 6.08. The number of fused-ring (bicyclic) bond motifs is 1. The van der Waals surface area contributed by atoms with Crippen LogP contribution in [0.15, 0.2) is 62.2 Å². The highest BCUT2D eigenvalue weighted by molar-refractivity contribution is 5.91. The number of carboxylic acid groups (broad SMARTS) is 1. The van der Waals surface area contributed by atoms with Crippen molar-refractivity contribution in [1.29, 1.82) is 0 Å². The number of carboxylic acids is 1. The van der Waals surface area contributed by atoms with Gasteiger partial charge in [0.25, 0.3) is 0 Å². The summed E-state index contributed by atoms with van der Waals surface area (Å²) in [6.07, 6.45) is 9.75. The van der Waals surface area contributed by atoms with E-state index in [9.17, 15) is 19.5 Å². The number of hydrogen-bond acceptors (Lipinski definition) is 6. The number of nitrogens with one attached hydrogen (secondary N) is 1. The van der Waals surface area contributed by atoms with Crippen molar-refractivity contribution in [2.75, 3.05) is 27.4 Å². The fourth-order valence-electron chi connectivity index (χ4n) is 6.08. The van der Waals surface area contributed by atoms with Gasteiger partial charge in [0.15, 0.2) is 0 Å². The Hall–Kier alpha value is -4.11. The highest BCUT2D eigenvalue weighted by Crippen LogP contribution is 2.41. The summed E-state index contributed by atoms with van der Waals surface area (Å²) in [6.45, 7) is 15.8. The number of methoxy groups -OCH3 is 2. The van der Waals surface area contributed by atoms with Crippen LogP contribution in [0.2, 0.25) is 0 Å². The van der Waals surface area contributed by atoms with E-state index in [1.54, 1.807) is 13.2 Å². The van der Waals surface area contributed by atoms with Gasteiger partial charge in [-0.05, 0) is 72.1 Å². The molecule has 1 heterocycles. The molecule has 0 spiro atoms. The normalized spacial score (nSPS) is 18.5. The van der Waals surface area contributed by atoms with Crippen LogP contribution in [0.3, 0.4) is 0 Å². The number of benzene rings is 2. The molecule has 0 aliphatic carbocycles. The van der Waals surface area contributed by atoms with Gasteiger partial charge in [0.2, 0.25) is 5.91 Å². The first-order valence-electron chi connectivity index (χ1n) is 15.9. The first-order chi connectivity index (χ1) is 21.9. The van der Waals surface area contributed by atoms with Crippen molar-refractivity contribution in [3.8, 4) is 5.75 Å². The maximum absolute atomic E-state index is 14.1. The summed E-state index contributed by atoms with van der Waals surface area (Å²) < 4.78 is 17.0. The van der Waals surface area contributed by atoms with E-state index >= 15 is 0 Å². The Morgan fingerprint density at radius 2 is 1.85 bits per heavy atom. The van der Waals surface area contributed by atoms with Crippen LogP contribution in [-0.4, -0.2) is 67.4 Å². The van der Waals surface area contributed by atoms with Crippen molar-refractivity contribution in [2.24, 2.45) is 5.41 Å². The minimum Gasteiger partial charge on any atom is -0.496 e. The monoisotopic (exact) mass is 634 g/mol. The van der Waals surface area contributed by atoms with Gasteiger partial charge in [-0.25, -0.2) is 9.59 Å². The van der Waals surface area contributed by atoms with Crippen LogP contribution in [0.1, 0.15) is 76.3 Å². The van der Waals surface area contributed by atoms with Crippen molar-refractivity contribution in [2.45, 2.75) is 82.9 Å². The maximum Gasteiger partial charge on any atom is 0.407 e. The maximum atomic E-state index is 14.1. The molecule has 0 radical (unpaired) electrons. The summed E-state index contributed by atoms with van der Waals surface area (Å²) in [4.78, 5) is 40.9. The van der Waals surface area contributed by atoms with E-state index in [0.29, 0.717) is 25.0 Å². The summed E-state index contributed by atoms with van der Waals surface area (Å²) in [5, 5.41) is 14.9. The Morgan fingerprint density at radius 1 is 1.09 bits per heavy atom. The van der Waals surface area contributed by atoms with Gasteiger partial charge in [-0.3, -0.25) is 4.79 Å². The summed E-state index contributed by atoms with van der Waals surface area (Å²) in [5.41, 5.74) is 0.411. The Labute approximate surface area is 273 Å². The number of aliphatic carboxylic acids is 1. The zero-order chi connectivity index (χ0) is 33.9. The van der Waals surface area contributed by atoms with Crippen molar-refractivity contribution < 1.29 is 33.7 Å². The van der Waals surface area contributed by atoms with E-state index in [1.165, 1.54) is 12.0 Å². The van der Waals surface area contributed by atoms with Crippen LogP contribution in [0.25, 0.3) is 16.8 Å². The summed E-state index contributed by atoms with van der Waals surface area (Å²) >= 11 is 0. The Kier molecular flexibility index (Phi) is 13.0. The lowest BCUT2D eigenvalue weighted by molar-refractivity contribution is -0.149. The molecule has 2 aromatic carbocycles. The third kappa shape index (κ3) is 9.00. The molecule has 2 N–H and O–H groups in total. The van der Waals surface area contributed by atoms with Gasteiger partial charge in [-0.1, -0.05) is 63.6 Å². The predicted octanol–water partition coefficient (Wildman–Crippen LogP) is 7.24. The van der Waals surface area contributed by atoms with E-state index in [-0.39, 0.29) is 25.0 Å². The number of alkyl carbamates (subject to hydrolysis) is 1. The second-order valence-corrected chi connectivity index (χ2v) is 12.7. The van der Waals surface area contributed by atoms with Crippen molar-refractivity contribution in [3.63, 3.8) is 0 Å². The molecule has 1 fully saturated rings. The number of unbranched alkanes of at least 4 members (excludes halogenated alkanes) is 3. The molecule has 3 rings (SSSR count). The lowest BCUT2D eigenvalue weighted by Gasteiger charge is -2.30. The molecule has 0 aromatic heterocycles. The number of hydrogen-bond donors (Lipinski definition) is 2. The number of carbonyl (C=O) groups is 3. The smallest absolute Gasteiger partial charge is 0.407 e. The van der Waals surface area contributed by atoms with Crippen LogP contribution >= 0.6 is 0 Å². The van der Waals surface area contributed by atoms with Crippen LogP contribution in [0.4, 0.5) is 4.79 Å². The average Bonchev–Trinajstić information content (AvgIpc) is 3.44. The second-order valence-electron chi connectivity index (χ2n) is 12.7. The highest BCUT2D eigenvalue weighted by atomic mass is 16.5. The predicted molar refractivity (Wildman–Crippen MR) is 182 cm³/mol. The van der Waals surface area contributed by atoms with E-state index in [0.717, 1.165) is 47.6 Å². The molecule has 2 aromatic rings. The van der Waals surface area contributed by atoms with E-state index < -0.39 is 35.7 Å². The highest BCUT2D eigenvalue weighted by Gasteiger charge is 2.51. The minimum absolute atomic E-state index is 0.00864. The fraction of sp³-hybridized carbons (Fsp3) is 0.486. The molecule has 1 aliphatic rings. The van der Waals surface area contributed by atoms with Gasteiger partial charge in [0.1, 0.15) is 23.4 Å². The molecule has 250 valence electrons. The molecule has 1 aliphatic heterocycles. The standard InChI is InChI=1S/C37H50N2O7/c1-8-11-12-13-14-15-30(38-35(43)46-20-19-36(4,5)18-9-2)33(40)39-25-37(45-7,24-31(39)34(41)42)29-17-16-27-23-32(44-6)26(10-3)21-28(27)22-29/h8-10,16-17,21-23,30-31H,1-3,11-15,18-20,24-25H2,4-7H3,(H,38,43)(H,41,42)/t30?,31-,37-/m0/s1. The Balaban J connectivity index is 1.87. The average molecular weight is 635 g/mol. The van der Waals surface area contributed by atoms with Gasteiger partial charge in [0, 0.05) is 19.1 Å². The first kappa shape index (κ1) is 36.4. The van der Waals surface area contributed by atoms with E-state index in [2.05, 4.69) is 38.9 Å². The molecule has 0 bridgehead atoms. The summed E-state index contributed by atoms with van der Waals surface area (Å²) in [7, 11) is 3.13. The largest absolute Gasteiger partial charge is 0.496 e. The van der Waals surface area contributed by atoms with Crippen molar-refractivity contribution in [3.05, 3.63) is 73.3 Å². The van der Waals surface area contributed by atoms with Crippen LogP contribution in [-0.2, 0) is 24.7 Å². The van der Waals surface area contributed by atoms with Crippen molar-refractivity contribution in [1.82, 2.24) is 10.2 Å². The zero-order valence-electron chi connectivity index (χ0n) is 27.8. The van der Waals surface area contributed by atoms with Gasteiger partial charge in [0.05, 0.1) is 20.3 Å². The summed E-state index contributed by atoms with van der Waals surface area (Å²) in [5.74, 6) is -0.913. The molecule has 46 heavy (non-hydrogen) atoms. The van der Waals surface area contributed by atoms with E-state index in [4.69, 9.17) is 14.2 Å². The number of nitrogens with zero attached hydrogens (tertiary/aromatic N) is 1. The number of carbonyl (C=O) groups excluding carboxylic acids is 2. The topological polar surface area (TPSA) is 114 Å². The molecule has 9 nitrogen and oxygen atoms in total. The Morgan fingerprint density at radius 3 is 2.48 bits per heavy atom. The molecule has 9 heteroatoms. The lowest BCUT2D eigenvalue weighted by atomic mass is 9.86. The number of likely N-dealkylation sites (tertiary alicyclic amines) is 1. The van der Waals surface area contributed by atoms with Gasteiger partial charge >= 0.3 is 12.1 Å². The SMILES string of the molecule is C=CCCCCCC(NC(=O)OCCC(C)(C)CC=C)C(=O)N1C[C@](OC)(c2ccc3cc(OC)c(C=C)cc3c2)C[C@H]1C(=O)O. The van der Waals surface area contributed by atoms with Crippen molar-refractivity contribution >= 4 is 34.8 Å². The molecule has 2 amide bonds. The number of ether oxygens (including phenoxy) is 3. The minimum atomic E-state index is -1.15. The number of amides is 2. The van der Waals surface area contributed by atoms with E-state index in [1.807, 2.05) is 42.5 Å². The Bertz CT molecular complexity index is 1420. The molecule has 0 saturated carbocycles. The first-order valence-corrected chi connectivity index (χ1v) is 15.9. The van der Waals surface area contributed by atoms with Gasteiger partial charge in [-0.2, -0.15) is 0 Å². The zero-order valence-corrected chi connectivity index (χ0v) is 27.8. The molecule has 1 saturated heterocycles. The van der Waals surface area contributed by atoms with Crippen LogP contribution in [0.5, 0.6) is 5.75 Å². The van der Waals surface area contributed by atoms with Gasteiger partial charge in [-0.15, -0.1) is 13.2 Å². The number of allylic oxidation sites excluding steroid dienone is 2. The molecular weight excluding hydrogens is 584 g/mol. The van der Waals surface area contributed by atoms with Gasteiger partial charge < -0.3 is 29.5 Å². The second kappa shape index (κ2) is 16.5. The molecule has 3 atom stereocenters. The number of rotatable bonds is 18. The lowest BCUT2D eigenvalue weighted by Crippen LogP contribution is -2.52. The van der Waals surface area contributed by atoms with Crippen LogP contribution in [0, 0.1) is 5.41 Å². The molecular formula is C37H50N2O7. The van der Waals surface area contributed by atoms with Crippen LogP contribution < -0.4 is 10.1 Å². The summed E-state index contributed by atoms with van der Waals surface area (Å²) in [6, 6.07) is 7.56. The third-order valence-electron chi connectivity index (χ3n) is 8.92.